The standard InChI is InChI=1S/C23H25NO3/c1-2-24-15-7-10-19(16-24)27-22(25)23(26)20-11-5-3-8-17(20)13-14-18-9-4-6-12-21(18)23/h3-6,8-9,11-14,19,26H,2,7,10,15-16H2,1H3/p+1/t19-/m0/s1. The number of carbonyl (C=O) groups is 1. The van der Waals surface area contributed by atoms with Crippen molar-refractivity contribution in [1.29, 1.82) is 0 Å². The van der Waals surface area contributed by atoms with Crippen molar-refractivity contribution in [2.24, 2.45) is 0 Å². The monoisotopic (exact) mass is 364 g/mol. The van der Waals surface area contributed by atoms with Gasteiger partial charge in [-0.3, -0.25) is 0 Å². The molecule has 1 unspecified atom stereocenters. The number of rotatable bonds is 3. The van der Waals surface area contributed by atoms with Gasteiger partial charge in [0, 0.05) is 17.5 Å². The van der Waals surface area contributed by atoms with Crippen LogP contribution in [-0.4, -0.2) is 36.8 Å². The predicted octanol–water partition coefficient (Wildman–Crippen LogP) is 2.02. The van der Waals surface area contributed by atoms with Crippen LogP contribution in [0.15, 0.2) is 48.5 Å². The Bertz CT molecular complexity index is 824. The Balaban J connectivity index is 1.74. The minimum Gasteiger partial charge on any atom is -0.454 e. The van der Waals surface area contributed by atoms with Gasteiger partial charge < -0.3 is 14.7 Å². The summed E-state index contributed by atoms with van der Waals surface area (Å²) in [7, 11) is 0. The lowest BCUT2D eigenvalue weighted by molar-refractivity contribution is -0.906. The summed E-state index contributed by atoms with van der Waals surface area (Å²) in [6.45, 7) is 5.09. The van der Waals surface area contributed by atoms with Crippen LogP contribution >= 0.6 is 0 Å². The van der Waals surface area contributed by atoms with E-state index in [0.717, 1.165) is 43.6 Å². The summed E-state index contributed by atoms with van der Waals surface area (Å²) < 4.78 is 5.90. The number of likely N-dealkylation sites (tertiary alicyclic amines) is 1. The molecule has 1 aliphatic carbocycles. The number of aliphatic hydroxyl groups is 1. The van der Waals surface area contributed by atoms with Crippen LogP contribution in [0.1, 0.15) is 42.0 Å². The van der Waals surface area contributed by atoms with Gasteiger partial charge in [0.05, 0.1) is 13.1 Å². The number of piperidine rings is 1. The maximum absolute atomic E-state index is 13.4. The third-order valence-electron chi connectivity index (χ3n) is 5.79. The number of esters is 1. The number of benzene rings is 2. The fourth-order valence-electron chi connectivity index (χ4n) is 4.25. The minimum atomic E-state index is -1.81. The summed E-state index contributed by atoms with van der Waals surface area (Å²) in [4.78, 5) is 14.8. The first-order valence-corrected chi connectivity index (χ1v) is 9.77. The van der Waals surface area contributed by atoms with E-state index in [4.69, 9.17) is 4.74 Å². The number of quaternary nitrogens is 1. The van der Waals surface area contributed by atoms with Crippen LogP contribution in [-0.2, 0) is 15.1 Å². The Morgan fingerprint density at radius 3 is 2.30 bits per heavy atom. The molecule has 1 aliphatic heterocycles. The van der Waals surface area contributed by atoms with Crippen LogP contribution in [0.2, 0.25) is 0 Å². The second-order valence-corrected chi connectivity index (χ2v) is 7.45. The molecule has 2 N–H and O–H groups in total. The molecule has 2 aromatic carbocycles. The normalized spacial score (nSPS) is 23.0. The molecule has 0 radical (unpaired) electrons. The lowest BCUT2D eigenvalue weighted by Gasteiger charge is -2.33. The molecule has 4 heteroatoms. The van der Waals surface area contributed by atoms with Crippen molar-refractivity contribution in [3.05, 3.63) is 70.8 Å². The first-order valence-electron chi connectivity index (χ1n) is 9.77. The average Bonchev–Trinajstić information content (AvgIpc) is 2.84. The summed E-state index contributed by atoms with van der Waals surface area (Å²) in [5, 5.41) is 11.8. The van der Waals surface area contributed by atoms with Gasteiger partial charge in [-0.25, -0.2) is 4.79 Å². The number of likely N-dealkylation sites (N-methyl/N-ethyl adjacent to an activating group) is 1. The van der Waals surface area contributed by atoms with Crippen molar-refractivity contribution in [3.63, 3.8) is 0 Å². The SMILES string of the molecule is CC[NH+]1CCC[C@H](OC(=O)C2(O)c3ccccc3C=Cc3ccccc32)C1. The van der Waals surface area contributed by atoms with Crippen LogP contribution in [0, 0.1) is 0 Å². The highest BCUT2D eigenvalue weighted by atomic mass is 16.6. The predicted molar refractivity (Wildman–Crippen MR) is 105 cm³/mol. The zero-order chi connectivity index (χ0) is 18.9. The maximum atomic E-state index is 13.4. The van der Waals surface area contributed by atoms with Gasteiger partial charge >= 0.3 is 5.97 Å². The second-order valence-electron chi connectivity index (χ2n) is 7.45. The van der Waals surface area contributed by atoms with Gasteiger partial charge in [0.1, 0.15) is 6.54 Å². The van der Waals surface area contributed by atoms with E-state index in [1.807, 2.05) is 60.7 Å². The number of nitrogens with one attached hydrogen (secondary N) is 1. The molecule has 2 atom stereocenters. The minimum absolute atomic E-state index is 0.152. The van der Waals surface area contributed by atoms with E-state index >= 15 is 0 Å². The van der Waals surface area contributed by atoms with E-state index in [-0.39, 0.29) is 6.10 Å². The number of fused-ring (bicyclic) bond motifs is 2. The van der Waals surface area contributed by atoms with Crippen LogP contribution in [0.4, 0.5) is 0 Å². The van der Waals surface area contributed by atoms with Gasteiger partial charge in [-0.15, -0.1) is 0 Å². The molecule has 0 saturated carbocycles. The van der Waals surface area contributed by atoms with Gasteiger partial charge in [-0.1, -0.05) is 60.7 Å². The van der Waals surface area contributed by atoms with Crippen LogP contribution < -0.4 is 4.90 Å². The quantitative estimate of drug-likeness (QED) is 0.820. The van der Waals surface area contributed by atoms with Crippen molar-refractivity contribution < 1.29 is 19.5 Å². The first-order chi connectivity index (χ1) is 13.1. The van der Waals surface area contributed by atoms with Crippen molar-refractivity contribution in [3.8, 4) is 0 Å². The van der Waals surface area contributed by atoms with Crippen molar-refractivity contribution in [1.82, 2.24) is 0 Å². The molecule has 2 aromatic rings. The molecule has 1 saturated heterocycles. The highest BCUT2D eigenvalue weighted by molar-refractivity contribution is 5.91. The summed E-state index contributed by atoms with van der Waals surface area (Å²) >= 11 is 0. The topological polar surface area (TPSA) is 51.0 Å². The third kappa shape index (κ3) is 3.20. The third-order valence-corrected chi connectivity index (χ3v) is 5.79. The first kappa shape index (κ1) is 18.0. The molecule has 27 heavy (non-hydrogen) atoms. The van der Waals surface area contributed by atoms with E-state index in [0.29, 0.717) is 11.1 Å². The molecular formula is C23H26NO3+. The van der Waals surface area contributed by atoms with Crippen LogP contribution in [0.25, 0.3) is 12.2 Å². The van der Waals surface area contributed by atoms with Gasteiger partial charge in [0.25, 0.3) is 0 Å². The number of hydrogen-bond donors (Lipinski definition) is 2. The highest BCUT2D eigenvalue weighted by Crippen LogP contribution is 2.39. The Morgan fingerprint density at radius 2 is 1.70 bits per heavy atom. The largest absolute Gasteiger partial charge is 0.454 e. The Kier molecular flexibility index (Phi) is 4.85. The summed E-state index contributed by atoms with van der Waals surface area (Å²) in [5.41, 5.74) is 1.01. The van der Waals surface area contributed by atoms with E-state index in [9.17, 15) is 9.90 Å². The van der Waals surface area contributed by atoms with Crippen LogP contribution in [0.5, 0.6) is 0 Å². The number of hydrogen-bond acceptors (Lipinski definition) is 3. The number of carbonyl (C=O) groups excluding carboxylic acids is 1. The molecule has 2 aliphatic rings. The molecule has 1 fully saturated rings. The molecule has 4 rings (SSSR count). The highest BCUT2D eigenvalue weighted by Gasteiger charge is 2.46. The molecule has 140 valence electrons. The fraction of sp³-hybridized carbons (Fsp3) is 0.348. The second kappa shape index (κ2) is 7.29. The van der Waals surface area contributed by atoms with E-state index in [2.05, 4.69) is 6.92 Å². The number of ether oxygens (including phenoxy) is 1. The molecule has 1 heterocycles. The molecular weight excluding hydrogens is 338 g/mol. The lowest BCUT2D eigenvalue weighted by atomic mass is 9.83. The van der Waals surface area contributed by atoms with E-state index < -0.39 is 11.6 Å². The molecule has 0 amide bonds. The van der Waals surface area contributed by atoms with Gasteiger partial charge in [-0.2, -0.15) is 0 Å². The van der Waals surface area contributed by atoms with Crippen molar-refractivity contribution in [2.75, 3.05) is 19.6 Å². The Labute approximate surface area is 160 Å². The van der Waals surface area contributed by atoms with E-state index in [1.165, 1.54) is 4.90 Å². The van der Waals surface area contributed by atoms with Gasteiger partial charge in [0.2, 0.25) is 5.60 Å². The van der Waals surface area contributed by atoms with Gasteiger partial charge in [0.15, 0.2) is 6.10 Å². The molecule has 0 bridgehead atoms. The average molecular weight is 364 g/mol. The summed E-state index contributed by atoms with van der Waals surface area (Å²) in [6.07, 6.45) is 5.63. The smallest absolute Gasteiger partial charge is 0.348 e. The van der Waals surface area contributed by atoms with Crippen molar-refractivity contribution >= 4 is 18.1 Å². The molecule has 0 spiro atoms. The van der Waals surface area contributed by atoms with Gasteiger partial charge in [-0.05, 0) is 24.5 Å². The maximum Gasteiger partial charge on any atom is 0.348 e. The zero-order valence-electron chi connectivity index (χ0n) is 15.7. The fourth-order valence-corrected chi connectivity index (χ4v) is 4.25. The Hall–Kier alpha value is -2.43. The van der Waals surface area contributed by atoms with E-state index in [1.54, 1.807) is 0 Å². The van der Waals surface area contributed by atoms with Crippen molar-refractivity contribution in [2.45, 2.75) is 31.5 Å². The molecule has 4 nitrogen and oxygen atoms in total. The summed E-state index contributed by atoms with van der Waals surface area (Å²) in [5.74, 6) is -0.576. The lowest BCUT2D eigenvalue weighted by Crippen LogP contribution is -3.13. The Morgan fingerprint density at radius 1 is 1.11 bits per heavy atom. The molecule has 0 aromatic heterocycles. The zero-order valence-corrected chi connectivity index (χ0v) is 15.7. The summed E-state index contributed by atoms with van der Waals surface area (Å²) in [6, 6.07) is 15.0. The van der Waals surface area contributed by atoms with Crippen LogP contribution in [0.3, 0.4) is 0 Å².